The number of hydrogen-bond acceptors (Lipinski definition) is 5. The zero-order valence-electron chi connectivity index (χ0n) is 10.3. The van der Waals surface area contributed by atoms with E-state index in [0.717, 1.165) is 0 Å². The van der Waals surface area contributed by atoms with Crippen LogP contribution in [0.15, 0.2) is 18.0 Å². The van der Waals surface area contributed by atoms with Gasteiger partial charge in [-0.2, -0.15) is 4.91 Å². The molecule has 5 nitrogen and oxygen atoms in total. The standard InChI is InChI=1S/C11H22N2O3/c1-5-16-11(4)8-13(7-10(3)14)6-9(2)12-15/h5,9-11,14H,1,6-8H2,2-4H3. The predicted octanol–water partition coefficient (Wildman–Crippen LogP) is 1.37. The molecular formula is C11H22N2O3. The maximum Gasteiger partial charge on any atom is 0.108 e. The molecule has 0 bridgehead atoms. The van der Waals surface area contributed by atoms with Gasteiger partial charge >= 0.3 is 0 Å². The Morgan fingerprint density at radius 2 is 2.00 bits per heavy atom. The number of nitrogens with zero attached hydrogens (tertiary/aromatic N) is 2. The molecule has 0 rings (SSSR count). The Morgan fingerprint density at radius 1 is 1.38 bits per heavy atom. The number of rotatable bonds is 9. The van der Waals surface area contributed by atoms with Crippen LogP contribution in [0.25, 0.3) is 0 Å². The molecule has 16 heavy (non-hydrogen) atoms. The lowest BCUT2D eigenvalue weighted by atomic mass is 10.2. The molecule has 0 heterocycles. The van der Waals surface area contributed by atoms with Crippen LogP contribution in [0.5, 0.6) is 0 Å². The molecule has 3 atom stereocenters. The topological polar surface area (TPSA) is 62.1 Å². The Morgan fingerprint density at radius 3 is 2.44 bits per heavy atom. The minimum Gasteiger partial charge on any atom is -0.498 e. The highest BCUT2D eigenvalue weighted by Crippen LogP contribution is 2.02. The van der Waals surface area contributed by atoms with Crippen molar-refractivity contribution in [2.45, 2.75) is 39.0 Å². The summed E-state index contributed by atoms with van der Waals surface area (Å²) in [5.41, 5.74) is 0. The van der Waals surface area contributed by atoms with E-state index >= 15 is 0 Å². The molecule has 0 spiro atoms. The van der Waals surface area contributed by atoms with Crippen LogP contribution in [0.1, 0.15) is 20.8 Å². The molecular weight excluding hydrogens is 208 g/mol. The first-order chi connectivity index (χ1) is 7.49. The quantitative estimate of drug-likeness (QED) is 0.480. The van der Waals surface area contributed by atoms with Crippen molar-refractivity contribution in [3.8, 4) is 0 Å². The maximum absolute atomic E-state index is 10.4. The SMILES string of the molecule is C=COC(C)CN(CC(C)O)CC(C)N=O. The fourth-order valence-corrected chi connectivity index (χ4v) is 1.58. The fourth-order valence-electron chi connectivity index (χ4n) is 1.58. The van der Waals surface area contributed by atoms with Gasteiger partial charge in [-0.25, -0.2) is 0 Å². The van der Waals surface area contributed by atoms with E-state index in [1.54, 1.807) is 13.8 Å². The Kier molecular flexibility index (Phi) is 7.76. The molecule has 3 unspecified atom stereocenters. The van der Waals surface area contributed by atoms with E-state index in [1.807, 2.05) is 11.8 Å². The summed E-state index contributed by atoms with van der Waals surface area (Å²) in [4.78, 5) is 12.3. The smallest absolute Gasteiger partial charge is 0.108 e. The average Bonchev–Trinajstić information content (AvgIpc) is 2.16. The van der Waals surface area contributed by atoms with Gasteiger partial charge in [0.25, 0.3) is 0 Å². The van der Waals surface area contributed by atoms with Crippen molar-refractivity contribution in [1.29, 1.82) is 0 Å². The minimum atomic E-state index is -0.435. The van der Waals surface area contributed by atoms with E-state index in [2.05, 4.69) is 11.8 Å². The van der Waals surface area contributed by atoms with E-state index in [1.165, 1.54) is 6.26 Å². The Labute approximate surface area is 97.1 Å². The molecule has 0 amide bonds. The van der Waals surface area contributed by atoms with Crippen molar-refractivity contribution in [1.82, 2.24) is 4.90 Å². The highest BCUT2D eigenvalue weighted by atomic mass is 16.5. The van der Waals surface area contributed by atoms with Gasteiger partial charge in [0, 0.05) is 19.6 Å². The van der Waals surface area contributed by atoms with Crippen molar-refractivity contribution in [2.24, 2.45) is 5.18 Å². The molecule has 0 saturated carbocycles. The van der Waals surface area contributed by atoms with Gasteiger partial charge in [0.15, 0.2) is 0 Å². The van der Waals surface area contributed by atoms with E-state index in [4.69, 9.17) is 4.74 Å². The number of hydrogen-bond donors (Lipinski definition) is 1. The molecule has 0 aromatic rings. The number of aliphatic hydroxyl groups excluding tert-OH is 1. The lowest BCUT2D eigenvalue weighted by Crippen LogP contribution is -2.40. The van der Waals surface area contributed by atoms with Gasteiger partial charge in [-0.05, 0) is 20.8 Å². The van der Waals surface area contributed by atoms with Crippen LogP contribution in [0.3, 0.4) is 0 Å². The van der Waals surface area contributed by atoms with E-state index < -0.39 is 6.10 Å². The molecule has 0 aromatic heterocycles. The van der Waals surface area contributed by atoms with E-state index in [-0.39, 0.29) is 12.1 Å². The van der Waals surface area contributed by atoms with Gasteiger partial charge in [0.2, 0.25) is 0 Å². The number of aliphatic hydroxyl groups is 1. The summed E-state index contributed by atoms with van der Waals surface area (Å²) in [6.45, 7) is 10.5. The van der Waals surface area contributed by atoms with Crippen LogP contribution in [-0.4, -0.2) is 47.9 Å². The zero-order valence-corrected chi connectivity index (χ0v) is 10.3. The summed E-state index contributed by atoms with van der Waals surface area (Å²) in [5.74, 6) is 0. The second-order valence-electron chi connectivity index (χ2n) is 4.14. The van der Waals surface area contributed by atoms with Gasteiger partial charge in [-0.3, -0.25) is 4.90 Å². The van der Waals surface area contributed by atoms with Crippen LogP contribution >= 0.6 is 0 Å². The first-order valence-corrected chi connectivity index (χ1v) is 5.48. The molecule has 0 aliphatic rings. The lowest BCUT2D eigenvalue weighted by Gasteiger charge is -2.27. The normalized spacial score (nSPS) is 16.6. The average molecular weight is 230 g/mol. The Hall–Kier alpha value is -0.940. The summed E-state index contributed by atoms with van der Waals surface area (Å²) in [6.07, 6.45) is 0.942. The summed E-state index contributed by atoms with van der Waals surface area (Å²) < 4.78 is 5.20. The van der Waals surface area contributed by atoms with Crippen molar-refractivity contribution < 1.29 is 9.84 Å². The zero-order chi connectivity index (χ0) is 12.6. The molecule has 5 heteroatoms. The third-order valence-corrected chi connectivity index (χ3v) is 2.07. The van der Waals surface area contributed by atoms with Gasteiger partial charge < -0.3 is 9.84 Å². The highest BCUT2D eigenvalue weighted by molar-refractivity contribution is 4.72. The van der Waals surface area contributed by atoms with E-state index in [9.17, 15) is 10.0 Å². The van der Waals surface area contributed by atoms with Crippen molar-refractivity contribution in [2.75, 3.05) is 19.6 Å². The van der Waals surface area contributed by atoms with Crippen LogP contribution in [-0.2, 0) is 4.74 Å². The number of nitroso groups, excluding NO2 is 1. The van der Waals surface area contributed by atoms with Crippen LogP contribution < -0.4 is 0 Å². The number of ether oxygens (including phenoxy) is 1. The molecule has 0 saturated heterocycles. The summed E-state index contributed by atoms with van der Waals surface area (Å²) in [6, 6.07) is -0.283. The molecule has 0 aliphatic heterocycles. The van der Waals surface area contributed by atoms with Gasteiger partial charge in [-0.1, -0.05) is 11.8 Å². The molecule has 94 valence electrons. The summed E-state index contributed by atoms with van der Waals surface area (Å²) in [5, 5.41) is 12.3. The first kappa shape index (κ1) is 15.1. The largest absolute Gasteiger partial charge is 0.498 e. The van der Waals surface area contributed by atoms with Gasteiger partial charge in [0.1, 0.15) is 12.1 Å². The highest BCUT2D eigenvalue weighted by Gasteiger charge is 2.15. The Bertz CT molecular complexity index is 209. The minimum absolute atomic E-state index is 0.0184. The first-order valence-electron chi connectivity index (χ1n) is 5.48. The Balaban J connectivity index is 4.18. The molecule has 0 radical (unpaired) electrons. The molecule has 0 aliphatic carbocycles. The third kappa shape index (κ3) is 7.36. The fraction of sp³-hybridized carbons (Fsp3) is 0.818. The van der Waals surface area contributed by atoms with Gasteiger partial charge in [0.05, 0.1) is 12.4 Å². The van der Waals surface area contributed by atoms with Crippen molar-refractivity contribution >= 4 is 0 Å². The third-order valence-electron chi connectivity index (χ3n) is 2.07. The summed E-state index contributed by atoms with van der Waals surface area (Å²) in [7, 11) is 0. The molecule has 1 N–H and O–H groups in total. The van der Waals surface area contributed by atoms with Crippen molar-refractivity contribution in [3.05, 3.63) is 17.7 Å². The second-order valence-corrected chi connectivity index (χ2v) is 4.14. The predicted molar refractivity (Wildman–Crippen MR) is 64.1 cm³/mol. The monoisotopic (exact) mass is 230 g/mol. The van der Waals surface area contributed by atoms with Crippen LogP contribution in [0, 0.1) is 4.91 Å². The second kappa shape index (κ2) is 8.24. The summed E-state index contributed by atoms with van der Waals surface area (Å²) >= 11 is 0. The molecule has 0 fully saturated rings. The van der Waals surface area contributed by atoms with Gasteiger partial charge in [-0.15, -0.1) is 0 Å². The van der Waals surface area contributed by atoms with E-state index in [0.29, 0.717) is 19.6 Å². The van der Waals surface area contributed by atoms with Crippen LogP contribution in [0.2, 0.25) is 0 Å². The lowest BCUT2D eigenvalue weighted by molar-refractivity contribution is 0.0726. The maximum atomic E-state index is 10.4. The van der Waals surface area contributed by atoms with Crippen molar-refractivity contribution in [3.63, 3.8) is 0 Å². The molecule has 0 aromatic carbocycles. The van der Waals surface area contributed by atoms with Crippen LogP contribution in [0.4, 0.5) is 0 Å².